The maximum atomic E-state index is 12.5. The molecule has 0 saturated carbocycles. The van der Waals surface area contributed by atoms with Gasteiger partial charge in [0.15, 0.2) is 6.61 Å². The van der Waals surface area contributed by atoms with Crippen molar-refractivity contribution in [3.8, 4) is 5.75 Å². The summed E-state index contributed by atoms with van der Waals surface area (Å²) in [6, 6.07) is 7.93. The Balaban J connectivity index is 1.62. The lowest BCUT2D eigenvalue weighted by Crippen LogP contribution is -2.71. The molecule has 28 heavy (non-hydrogen) atoms. The second-order valence-corrected chi connectivity index (χ2v) is 7.20. The van der Waals surface area contributed by atoms with E-state index in [1.165, 1.54) is 18.7 Å². The highest BCUT2D eigenvalue weighted by Crippen LogP contribution is 2.40. The molecule has 2 atom stereocenters. The number of benzene rings is 1. The number of hydrogen-bond donors (Lipinski definition) is 2. The van der Waals surface area contributed by atoms with E-state index in [-0.39, 0.29) is 24.7 Å². The van der Waals surface area contributed by atoms with E-state index in [1.54, 1.807) is 24.3 Å². The molecule has 148 valence electrons. The summed E-state index contributed by atoms with van der Waals surface area (Å²) in [4.78, 5) is 48.3. The Morgan fingerprint density at radius 3 is 2.64 bits per heavy atom. The highest BCUT2D eigenvalue weighted by molar-refractivity contribution is 8.00. The minimum atomic E-state index is -1.28. The van der Waals surface area contributed by atoms with Crippen LogP contribution in [0.1, 0.15) is 6.92 Å². The van der Waals surface area contributed by atoms with Gasteiger partial charge in [0, 0.05) is 18.2 Å². The van der Waals surface area contributed by atoms with Gasteiger partial charge in [-0.2, -0.15) is 0 Å². The Morgan fingerprint density at radius 1 is 1.29 bits per heavy atom. The van der Waals surface area contributed by atoms with Crippen LogP contribution >= 0.6 is 11.8 Å². The third-order valence-electron chi connectivity index (χ3n) is 4.13. The summed E-state index contributed by atoms with van der Waals surface area (Å²) in [6.07, 6.45) is 0. The van der Waals surface area contributed by atoms with Crippen LogP contribution in [0.3, 0.4) is 0 Å². The number of ether oxygens (including phenoxy) is 2. The van der Waals surface area contributed by atoms with Crippen LogP contribution < -0.4 is 10.1 Å². The monoisotopic (exact) mass is 406 g/mol. The summed E-state index contributed by atoms with van der Waals surface area (Å²) < 4.78 is 10.2. The molecule has 2 N–H and O–H groups in total. The number of carbonyl (C=O) groups is 4. The summed E-state index contributed by atoms with van der Waals surface area (Å²) in [7, 11) is 0. The molecule has 1 aromatic carbocycles. The number of aliphatic carboxylic acids is 1. The molecule has 1 aromatic rings. The third kappa shape index (κ3) is 4.11. The number of amides is 2. The van der Waals surface area contributed by atoms with Crippen molar-refractivity contribution in [1.82, 2.24) is 10.2 Å². The number of carboxylic acids is 1. The van der Waals surface area contributed by atoms with Crippen molar-refractivity contribution in [2.45, 2.75) is 18.3 Å². The number of rotatable bonds is 7. The molecule has 2 aliphatic heterocycles. The standard InChI is InChI=1S/C18H18N2O7S/c1-10(21)26-7-11-9-28-17-14(16(23)20(17)15(11)18(24)25)19-13(22)8-27-12-5-3-2-4-6-12/h2-6,14,17H,7-9H2,1H3,(H,19,22)(H,24,25)/t14-,17+/m1/s1. The van der Waals surface area contributed by atoms with Gasteiger partial charge in [0.25, 0.3) is 11.8 Å². The van der Waals surface area contributed by atoms with Crippen molar-refractivity contribution in [1.29, 1.82) is 0 Å². The number of carboxylic acid groups (broad SMARTS) is 1. The second-order valence-electron chi connectivity index (χ2n) is 6.09. The SMILES string of the molecule is CC(=O)OCC1=C(C(=O)O)N2C(=O)[C@@H](NC(=O)COc3ccccc3)[C@@H]2SC1. The summed E-state index contributed by atoms with van der Waals surface area (Å²) in [5.41, 5.74) is 0.149. The normalized spacial score (nSPS) is 20.8. The van der Waals surface area contributed by atoms with Crippen LogP contribution in [0.25, 0.3) is 0 Å². The molecule has 10 heteroatoms. The summed E-state index contributed by atoms with van der Waals surface area (Å²) in [5, 5.41) is 11.5. The number of nitrogens with one attached hydrogen (secondary N) is 1. The van der Waals surface area contributed by atoms with Gasteiger partial charge < -0.3 is 19.9 Å². The van der Waals surface area contributed by atoms with Crippen LogP contribution in [0, 0.1) is 0 Å². The lowest BCUT2D eigenvalue weighted by Gasteiger charge is -2.49. The number of nitrogens with zero attached hydrogens (tertiary/aromatic N) is 1. The smallest absolute Gasteiger partial charge is 0.352 e. The van der Waals surface area contributed by atoms with E-state index in [0.29, 0.717) is 11.3 Å². The van der Waals surface area contributed by atoms with E-state index >= 15 is 0 Å². The quantitative estimate of drug-likeness (QED) is 0.492. The molecule has 0 aliphatic carbocycles. The highest BCUT2D eigenvalue weighted by atomic mass is 32.2. The third-order valence-corrected chi connectivity index (χ3v) is 5.47. The molecule has 1 fully saturated rings. The molecule has 0 unspecified atom stereocenters. The number of fused-ring (bicyclic) bond motifs is 1. The average Bonchev–Trinajstić information content (AvgIpc) is 2.68. The number of thioether (sulfide) groups is 1. The molecule has 2 heterocycles. The van der Waals surface area contributed by atoms with E-state index in [4.69, 9.17) is 9.47 Å². The zero-order valence-corrected chi connectivity index (χ0v) is 15.7. The van der Waals surface area contributed by atoms with Gasteiger partial charge in [0.05, 0.1) is 0 Å². The van der Waals surface area contributed by atoms with Crippen molar-refractivity contribution in [3.05, 3.63) is 41.6 Å². The van der Waals surface area contributed by atoms with E-state index in [0.717, 1.165) is 4.90 Å². The van der Waals surface area contributed by atoms with E-state index in [2.05, 4.69) is 5.32 Å². The Hall–Kier alpha value is -3.01. The van der Waals surface area contributed by atoms with Gasteiger partial charge in [-0.1, -0.05) is 18.2 Å². The molecule has 0 bridgehead atoms. The minimum Gasteiger partial charge on any atom is -0.484 e. The van der Waals surface area contributed by atoms with Crippen molar-refractivity contribution < 1.29 is 33.8 Å². The maximum absolute atomic E-state index is 12.5. The predicted octanol–water partition coefficient (Wildman–Crippen LogP) is 0.367. The van der Waals surface area contributed by atoms with Crippen LogP contribution in [0.15, 0.2) is 41.6 Å². The van der Waals surface area contributed by atoms with Crippen molar-refractivity contribution >= 4 is 35.5 Å². The Labute approximate surface area is 164 Å². The molecule has 9 nitrogen and oxygen atoms in total. The summed E-state index contributed by atoms with van der Waals surface area (Å²) in [6.45, 7) is 0.768. The minimum absolute atomic E-state index is 0.192. The molecular formula is C18H18N2O7S. The van der Waals surface area contributed by atoms with Crippen LogP contribution in [0.4, 0.5) is 0 Å². The van der Waals surface area contributed by atoms with Gasteiger partial charge in [-0.05, 0) is 12.1 Å². The predicted molar refractivity (Wildman–Crippen MR) is 98.3 cm³/mol. The summed E-state index contributed by atoms with van der Waals surface area (Å²) >= 11 is 1.30. The molecule has 2 aliphatic rings. The fraction of sp³-hybridized carbons (Fsp3) is 0.333. The molecule has 1 saturated heterocycles. The van der Waals surface area contributed by atoms with Gasteiger partial charge >= 0.3 is 11.9 Å². The molecular weight excluding hydrogens is 388 g/mol. The number of β-lactam (4-membered cyclic amide) rings is 1. The van der Waals surface area contributed by atoms with Gasteiger partial charge in [-0.15, -0.1) is 11.8 Å². The first-order valence-corrected chi connectivity index (χ1v) is 9.44. The Bertz CT molecular complexity index is 840. The van der Waals surface area contributed by atoms with Crippen LogP contribution in [0.5, 0.6) is 5.75 Å². The topological polar surface area (TPSA) is 122 Å². The Morgan fingerprint density at radius 2 is 2.00 bits per heavy atom. The van der Waals surface area contributed by atoms with Crippen molar-refractivity contribution in [3.63, 3.8) is 0 Å². The second kappa shape index (κ2) is 8.34. The first kappa shape index (κ1) is 19.7. The Kier molecular flexibility index (Phi) is 5.88. The highest BCUT2D eigenvalue weighted by Gasteiger charge is 2.54. The molecule has 0 radical (unpaired) electrons. The van der Waals surface area contributed by atoms with E-state index < -0.39 is 35.2 Å². The number of para-hydroxylation sites is 1. The van der Waals surface area contributed by atoms with Crippen LogP contribution in [0.2, 0.25) is 0 Å². The van der Waals surface area contributed by atoms with E-state index in [1.807, 2.05) is 6.07 Å². The summed E-state index contributed by atoms with van der Waals surface area (Å²) in [5.74, 6) is -2.02. The van der Waals surface area contributed by atoms with Crippen molar-refractivity contribution in [2.75, 3.05) is 19.0 Å². The maximum Gasteiger partial charge on any atom is 0.352 e. The zero-order valence-electron chi connectivity index (χ0n) is 14.9. The van der Waals surface area contributed by atoms with Gasteiger partial charge in [0.2, 0.25) is 0 Å². The first-order valence-electron chi connectivity index (χ1n) is 8.39. The fourth-order valence-corrected chi connectivity index (χ4v) is 4.19. The molecule has 0 spiro atoms. The van der Waals surface area contributed by atoms with Crippen LogP contribution in [-0.4, -0.2) is 64.1 Å². The lowest BCUT2D eigenvalue weighted by molar-refractivity contribution is -0.151. The molecule has 3 rings (SSSR count). The fourth-order valence-electron chi connectivity index (χ4n) is 2.86. The van der Waals surface area contributed by atoms with Gasteiger partial charge in [0.1, 0.15) is 29.5 Å². The zero-order chi connectivity index (χ0) is 20.3. The van der Waals surface area contributed by atoms with Gasteiger partial charge in [-0.3, -0.25) is 19.3 Å². The van der Waals surface area contributed by atoms with Crippen LogP contribution in [-0.2, 0) is 23.9 Å². The first-order chi connectivity index (χ1) is 13.4. The van der Waals surface area contributed by atoms with Gasteiger partial charge in [-0.25, -0.2) is 4.79 Å². The number of esters is 1. The van der Waals surface area contributed by atoms with E-state index in [9.17, 15) is 24.3 Å². The molecule has 0 aromatic heterocycles. The largest absolute Gasteiger partial charge is 0.484 e. The number of carbonyl (C=O) groups excluding carboxylic acids is 3. The van der Waals surface area contributed by atoms with Crippen molar-refractivity contribution in [2.24, 2.45) is 0 Å². The lowest BCUT2D eigenvalue weighted by atomic mass is 10.0. The average molecular weight is 406 g/mol. The number of hydrogen-bond acceptors (Lipinski definition) is 7. The molecule has 2 amide bonds.